The molecule has 0 atom stereocenters. The van der Waals surface area contributed by atoms with Crippen molar-refractivity contribution in [1.29, 1.82) is 0 Å². The summed E-state index contributed by atoms with van der Waals surface area (Å²) in [7, 11) is -13.4. The van der Waals surface area contributed by atoms with Gasteiger partial charge in [-0.25, -0.2) is 30.7 Å². The van der Waals surface area contributed by atoms with Crippen molar-refractivity contribution in [3.63, 3.8) is 0 Å². The average Bonchev–Trinajstić information content (AvgIpc) is 3.42. The van der Waals surface area contributed by atoms with Gasteiger partial charge < -0.3 is 4.13 Å². The molecule has 238 valence electrons. The molecular formula is C15H12F15N5O4S2. The second kappa shape index (κ2) is 11.5. The maximum atomic E-state index is 13.5. The van der Waals surface area contributed by atoms with Crippen molar-refractivity contribution in [3.8, 4) is 0 Å². The summed E-state index contributed by atoms with van der Waals surface area (Å²) in [6.45, 7) is -0.749. The highest BCUT2D eigenvalue weighted by atomic mass is 32.3. The van der Waals surface area contributed by atoms with Crippen LogP contribution in [0.2, 0.25) is 0 Å². The molecule has 26 heteroatoms. The lowest BCUT2D eigenvalue weighted by atomic mass is 10.0. The van der Waals surface area contributed by atoms with Gasteiger partial charge in [-0.2, -0.15) is 71.0 Å². The van der Waals surface area contributed by atoms with E-state index in [0.29, 0.717) is 0 Å². The SMILES string of the molecule is FC(F)(F)C(F)(F)C(F)(F)C(F)(F)CCn1cc[n+](Cn2cccn2)c1.O=S(=O)([N-]S(=O)(=O)C(F)(F)F)C(F)(F)F. The highest BCUT2D eigenvalue weighted by Crippen LogP contribution is 2.54. The Labute approximate surface area is 218 Å². The topological polar surface area (TPSA) is 109 Å². The summed E-state index contributed by atoms with van der Waals surface area (Å²) in [5, 5.41) is 3.87. The van der Waals surface area contributed by atoms with Gasteiger partial charge in [0.15, 0.2) is 26.7 Å². The van der Waals surface area contributed by atoms with Crippen molar-refractivity contribution < 1.29 is 87.3 Å². The van der Waals surface area contributed by atoms with Crippen molar-refractivity contribution in [1.82, 2.24) is 14.3 Å². The number of hydrogen-bond donors (Lipinski definition) is 0. The lowest BCUT2D eigenvalue weighted by Crippen LogP contribution is -2.61. The van der Waals surface area contributed by atoms with Gasteiger partial charge in [-0.1, -0.05) is 0 Å². The van der Waals surface area contributed by atoms with Gasteiger partial charge >= 0.3 is 35.0 Å². The standard InChI is InChI=1S/C13H12F9N4.C2F6NO4S2/c14-10(15,11(16,17)12(18,19)13(20,21)22)2-5-24-6-7-25(8-24)9-26-4-1-3-23-26;3-1(4,5)14(10,11)9-15(12,13)2(6,7)8/h1,3-4,6-8H,2,5,9H2;/q+1;-1. The van der Waals surface area contributed by atoms with E-state index in [1.165, 1.54) is 34.2 Å². The Morgan fingerprint density at radius 3 is 1.61 bits per heavy atom. The Bertz CT molecular complexity index is 1320. The molecule has 0 bridgehead atoms. The van der Waals surface area contributed by atoms with Crippen LogP contribution >= 0.6 is 0 Å². The van der Waals surface area contributed by atoms with Crippen LogP contribution in [0.5, 0.6) is 0 Å². The lowest BCUT2D eigenvalue weighted by molar-refractivity contribution is -0.702. The predicted molar refractivity (Wildman–Crippen MR) is 101 cm³/mol. The smallest absolute Gasteiger partial charge is 0.421 e. The molecule has 0 amide bonds. The number of alkyl halides is 15. The van der Waals surface area contributed by atoms with E-state index in [2.05, 4.69) is 5.10 Å². The molecule has 0 radical (unpaired) electrons. The van der Waals surface area contributed by atoms with Gasteiger partial charge in [-0.05, 0) is 6.07 Å². The van der Waals surface area contributed by atoms with E-state index in [1.807, 2.05) is 0 Å². The highest BCUT2D eigenvalue weighted by Gasteiger charge is 2.81. The van der Waals surface area contributed by atoms with Crippen LogP contribution in [0, 0.1) is 0 Å². The number of rotatable bonds is 9. The molecule has 2 aromatic rings. The fourth-order valence-corrected chi connectivity index (χ4v) is 3.96. The van der Waals surface area contributed by atoms with Crippen LogP contribution in [0.3, 0.4) is 0 Å². The molecule has 2 rings (SSSR count). The fourth-order valence-electron chi connectivity index (χ4n) is 2.25. The predicted octanol–water partition coefficient (Wildman–Crippen LogP) is 4.40. The van der Waals surface area contributed by atoms with Crippen LogP contribution in [0.15, 0.2) is 37.2 Å². The van der Waals surface area contributed by atoms with Crippen LogP contribution in [0.4, 0.5) is 65.9 Å². The van der Waals surface area contributed by atoms with Crippen LogP contribution in [0.1, 0.15) is 6.42 Å². The molecule has 0 aliphatic heterocycles. The van der Waals surface area contributed by atoms with Crippen molar-refractivity contribution in [3.05, 3.63) is 41.3 Å². The van der Waals surface area contributed by atoms with E-state index in [9.17, 15) is 82.7 Å². The summed E-state index contributed by atoms with van der Waals surface area (Å²) < 4.78 is 228. The molecule has 0 N–H and O–H groups in total. The molecular weight excluding hydrogens is 663 g/mol. The molecule has 0 saturated heterocycles. The highest BCUT2D eigenvalue weighted by molar-refractivity contribution is 8.13. The summed E-state index contributed by atoms with van der Waals surface area (Å²) in [5.41, 5.74) is -12.4. The lowest BCUT2D eigenvalue weighted by Gasteiger charge is -2.33. The average molecular weight is 675 g/mol. The van der Waals surface area contributed by atoms with Crippen molar-refractivity contribution in [2.75, 3.05) is 0 Å². The Morgan fingerprint density at radius 2 is 1.22 bits per heavy atom. The number of halogens is 15. The van der Waals surface area contributed by atoms with Gasteiger partial charge in [0.05, 0.1) is 13.0 Å². The maximum Gasteiger partial charge on any atom is 0.480 e. The van der Waals surface area contributed by atoms with Gasteiger partial charge in [-0.15, -0.1) is 0 Å². The van der Waals surface area contributed by atoms with Crippen molar-refractivity contribution >= 4 is 20.0 Å². The van der Waals surface area contributed by atoms with E-state index in [0.717, 1.165) is 8.69 Å². The van der Waals surface area contributed by atoms with Gasteiger partial charge in [0.1, 0.15) is 12.4 Å². The Hall–Kier alpha value is -2.77. The first kappa shape index (κ1) is 36.3. The molecule has 41 heavy (non-hydrogen) atoms. The Morgan fingerprint density at radius 1 is 0.732 bits per heavy atom. The van der Waals surface area contributed by atoms with Crippen LogP contribution < -0.4 is 4.57 Å². The second-order valence-electron chi connectivity index (χ2n) is 7.37. The van der Waals surface area contributed by atoms with Gasteiger partial charge in [0.25, 0.3) is 0 Å². The molecule has 9 nitrogen and oxygen atoms in total. The maximum absolute atomic E-state index is 13.5. The normalized spacial score (nSPS) is 14.5. The molecule has 0 spiro atoms. The summed E-state index contributed by atoms with van der Waals surface area (Å²) >= 11 is 0. The van der Waals surface area contributed by atoms with E-state index in [1.54, 1.807) is 12.3 Å². The number of aryl methyl sites for hydroxylation is 1. The fraction of sp³-hybridized carbons (Fsp3) is 0.600. The molecule has 2 aromatic heterocycles. The summed E-state index contributed by atoms with van der Waals surface area (Å²) in [6, 6.07) is 1.61. The van der Waals surface area contributed by atoms with Gasteiger partial charge in [0, 0.05) is 12.4 Å². The number of sulfonamides is 2. The number of aromatic nitrogens is 4. The zero-order valence-corrected chi connectivity index (χ0v) is 20.6. The first-order valence-electron chi connectivity index (χ1n) is 9.58. The third kappa shape index (κ3) is 8.39. The molecule has 0 unspecified atom stereocenters. The molecule has 0 fully saturated rings. The van der Waals surface area contributed by atoms with Gasteiger partial charge in [-0.3, -0.25) is 0 Å². The molecule has 0 aliphatic rings. The molecule has 2 heterocycles. The Balaban J connectivity index is 0.000000479. The monoisotopic (exact) mass is 675 g/mol. The number of hydrogen-bond acceptors (Lipinski definition) is 5. The number of nitrogens with zero attached hydrogens (tertiary/aromatic N) is 5. The summed E-state index contributed by atoms with van der Waals surface area (Å²) in [5.74, 6) is -19.0. The second-order valence-corrected chi connectivity index (χ2v) is 10.8. The minimum absolute atomic E-state index is 0.151. The first-order chi connectivity index (χ1) is 18.0. The van der Waals surface area contributed by atoms with Crippen LogP contribution in [-0.4, -0.2) is 66.1 Å². The molecule has 0 saturated carbocycles. The van der Waals surface area contributed by atoms with Crippen LogP contribution in [-0.2, 0) is 33.3 Å². The van der Waals surface area contributed by atoms with Gasteiger partial charge in [0.2, 0.25) is 6.33 Å². The minimum atomic E-state index is -6.86. The number of imidazole rings is 1. The quantitative estimate of drug-likeness (QED) is 0.290. The zero-order chi connectivity index (χ0) is 32.5. The third-order valence-corrected chi connectivity index (χ3v) is 7.03. The van der Waals surface area contributed by atoms with Crippen molar-refractivity contribution in [2.24, 2.45) is 0 Å². The zero-order valence-electron chi connectivity index (χ0n) is 18.9. The van der Waals surface area contributed by atoms with Crippen molar-refractivity contribution in [2.45, 2.75) is 54.6 Å². The van der Waals surface area contributed by atoms with E-state index >= 15 is 0 Å². The van der Waals surface area contributed by atoms with E-state index in [4.69, 9.17) is 0 Å². The minimum Gasteiger partial charge on any atom is -0.421 e. The molecule has 0 aliphatic carbocycles. The summed E-state index contributed by atoms with van der Waals surface area (Å²) in [6.07, 6.45) is -1.93. The van der Waals surface area contributed by atoms with E-state index < -0.39 is 68.0 Å². The summed E-state index contributed by atoms with van der Waals surface area (Å²) in [4.78, 5) is 0. The van der Waals surface area contributed by atoms with Crippen LogP contribution in [0.25, 0.3) is 4.13 Å². The van der Waals surface area contributed by atoms with E-state index in [-0.39, 0.29) is 6.67 Å². The molecule has 0 aromatic carbocycles. The first-order valence-corrected chi connectivity index (χ1v) is 12.5. The third-order valence-electron chi connectivity index (χ3n) is 4.29. The largest absolute Gasteiger partial charge is 0.480 e. The Kier molecular flexibility index (Phi) is 10.2.